The maximum atomic E-state index is 2.31. The number of hydrogen-bond donors (Lipinski definition) is 0. The van der Waals surface area contributed by atoms with Gasteiger partial charge in [-0.3, -0.25) is 4.48 Å². The van der Waals surface area contributed by atoms with Crippen LogP contribution in [0.15, 0.2) is 30.3 Å². The molecule has 0 saturated heterocycles. The van der Waals surface area contributed by atoms with E-state index >= 15 is 0 Å². The molecule has 108 valence electrons. The van der Waals surface area contributed by atoms with Crippen molar-refractivity contribution >= 4 is 14.1 Å². The summed E-state index contributed by atoms with van der Waals surface area (Å²) in [6, 6.07) is 10.8. The van der Waals surface area contributed by atoms with Crippen LogP contribution in [-0.4, -0.2) is 29.1 Å². The van der Waals surface area contributed by atoms with Crippen LogP contribution >= 0.6 is 0 Å². The lowest BCUT2D eigenvalue weighted by atomic mass is 10.1. The van der Waals surface area contributed by atoms with Gasteiger partial charge < -0.3 is 0 Å². The maximum Gasteiger partial charge on any atom is 0.132 e. The number of unbranched alkanes of at least 4 members (excludes halogenated alkanes) is 6. The van der Waals surface area contributed by atoms with Gasteiger partial charge in [0.05, 0.1) is 29.1 Å². The highest BCUT2D eigenvalue weighted by Gasteiger charge is 2.17. The molecule has 0 aliphatic rings. The van der Waals surface area contributed by atoms with E-state index < -0.39 is 0 Å². The highest BCUT2D eigenvalue weighted by molar-refractivity contribution is 5.75. The van der Waals surface area contributed by atoms with Gasteiger partial charge in [0, 0.05) is 0 Å². The molecular weight excluding hydrogens is 229 g/mol. The van der Waals surface area contributed by atoms with Crippen LogP contribution in [0.5, 0.6) is 0 Å². The lowest BCUT2D eigenvalue weighted by Crippen LogP contribution is -2.41. The van der Waals surface area contributed by atoms with E-state index in [-0.39, 0.29) is 8.41 Å². The first-order valence-corrected chi connectivity index (χ1v) is 7.55. The van der Waals surface area contributed by atoms with Gasteiger partial charge in [0.15, 0.2) is 0 Å². The number of hydrogen-bond acceptors (Lipinski definition) is 0. The van der Waals surface area contributed by atoms with Crippen molar-refractivity contribution in [1.29, 1.82) is 0 Å². The van der Waals surface area contributed by atoms with Crippen LogP contribution in [0.2, 0.25) is 0 Å². The van der Waals surface area contributed by atoms with E-state index in [9.17, 15) is 0 Å². The Morgan fingerprint density at radius 1 is 0.789 bits per heavy atom. The molecule has 0 aromatic heterocycles. The summed E-state index contributed by atoms with van der Waals surface area (Å²) in [7, 11) is 4.62. The van der Waals surface area contributed by atoms with Crippen molar-refractivity contribution in [2.45, 2.75) is 51.9 Å². The Morgan fingerprint density at radius 2 is 1.32 bits per heavy atom. The molecule has 1 nitrogen and oxygen atoms in total. The van der Waals surface area contributed by atoms with E-state index in [1.807, 2.05) is 0 Å². The molecule has 0 atom stereocenters. The van der Waals surface area contributed by atoms with E-state index in [1.165, 1.54) is 57.2 Å². The largest absolute Gasteiger partial charge is 0.296 e. The van der Waals surface area contributed by atoms with Crippen LogP contribution in [0.4, 0.5) is 5.69 Å². The third-order valence-corrected chi connectivity index (χ3v) is 3.78. The molecule has 0 unspecified atom stereocenters. The number of para-hydroxylation sites is 1. The molecule has 0 spiro atoms. The number of nitrogens with zero attached hydrogens (tertiary/aromatic N) is 1. The fraction of sp³-hybridized carbons (Fsp3) is 0.647. The Balaban J connectivity index is 0.00000324. The fourth-order valence-electron chi connectivity index (χ4n) is 2.42. The van der Waals surface area contributed by atoms with Gasteiger partial charge in [0.25, 0.3) is 0 Å². The summed E-state index contributed by atoms with van der Waals surface area (Å²) in [6.07, 6.45) is 9.74. The first-order chi connectivity index (χ1) is 8.67. The average Bonchev–Trinajstić information content (AvgIpc) is 2.39. The second-order valence-corrected chi connectivity index (χ2v) is 5.87. The minimum atomic E-state index is 0. The van der Waals surface area contributed by atoms with Crippen molar-refractivity contribution in [1.82, 2.24) is 4.48 Å². The molecule has 0 bridgehead atoms. The first-order valence-electron chi connectivity index (χ1n) is 7.55. The third kappa shape index (κ3) is 7.42. The average molecular weight is 262 g/mol. The number of benzene rings is 1. The second-order valence-electron chi connectivity index (χ2n) is 5.87. The minimum Gasteiger partial charge on any atom is -0.296 e. The summed E-state index contributed by atoms with van der Waals surface area (Å²) in [5, 5.41) is 0. The van der Waals surface area contributed by atoms with Crippen molar-refractivity contribution in [2.24, 2.45) is 0 Å². The molecule has 19 heavy (non-hydrogen) atoms. The number of rotatable bonds is 9. The first kappa shape index (κ1) is 18.2. The maximum absolute atomic E-state index is 2.31. The molecule has 0 N–H and O–H groups in total. The Morgan fingerprint density at radius 3 is 1.89 bits per heavy atom. The summed E-state index contributed by atoms with van der Waals surface area (Å²) in [6.45, 7) is 3.53. The van der Waals surface area contributed by atoms with Crippen molar-refractivity contribution in [3.8, 4) is 0 Å². The highest BCUT2D eigenvalue weighted by atomic mass is 15.3. The van der Waals surface area contributed by atoms with Gasteiger partial charge in [-0.15, -0.1) is 0 Å². The fourth-order valence-corrected chi connectivity index (χ4v) is 2.42. The van der Waals surface area contributed by atoms with E-state index in [0.717, 1.165) is 4.48 Å². The van der Waals surface area contributed by atoms with E-state index in [0.29, 0.717) is 0 Å². The predicted molar refractivity (Wildman–Crippen MR) is 92.9 cm³/mol. The van der Waals surface area contributed by atoms with Crippen LogP contribution < -0.4 is 4.48 Å². The summed E-state index contributed by atoms with van der Waals surface area (Å²) in [4.78, 5) is 0. The highest BCUT2D eigenvalue weighted by Crippen LogP contribution is 2.19. The second kappa shape index (κ2) is 10.1. The van der Waals surface area contributed by atoms with Gasteiger partial charge in [-0.2, -0.15) is 0 Å². The molecule has 0 saturated carbocycles. The zero-order chi connectivity index (χ0) is 13.3. The quantitative estimate of drug-likeness (QED) is 0.360. The van der Waals surface area contributed by atoms with Crippen molar-refractivity contribution in [2.75, 3.05) is 20.6 Å². The monoisotopic (exact) mass is 262 g/mol. The van der Waals surface area contributed by atoms with Gasteiger partial charge in [0.1, 0.15) is 5.69 Å². The third-order valence-electron chi connectivity index (χ3n) is 3.78. The van der Waals surface area contributed by atoms with Crippen LogP contribution in [0.1, 0.15) is 51.9 Å². The van der Waals surface area contributed by atoms with Crippen LogP contribution in [-0.2, 0) is 0 Å². The smallest absolute Gasteiger partial charge is 0.132 e. The van der Waals surface area contributed by atoms with Crippen LogP contribution in [0.25, 0.3) is 0 Å². The molecule has 0 fully saturated rings. The molecule has 1 rings (SSSR count). The van der Waals surface area contributed by atoms with Gasteiger partial charge in [-0.1, -0.05) is 57.2 Å². The van der Waals surface area contributed by atoms with Crippen molar-refractivity contribution < 1.29 is 0 Å². The summed E-state index contributed by atoms with van der Waals surface area (Å²) < 4.78 is 1.01. The van der Waals surface area contributed by atoms with E-state index in [4.69, 9.17) is 0 Å². The summed E-state index contributed by atoms with van der Waals surface area (Å²) in [5.41, 5.74) is 1.42. The topological polar surface area (TPSA) is 0 Å². The van der Waals surface area contributed by atoms with Gasteiger partial charge >= 0.3 is 0 Å². The van der Waals surface area contributed by atoms with Gasteiger partial charge in [0.2, 0.25) is 0 Å². The Hall–Kier alpha value is -0.755. The molecule has 0 aliphatic carbocycles. The lowest BCUT2D eigenvalue weighted by molar-refractivity contribution is 0.381. The Labute approximate surface area is 122 Å². The molecule has 0 amide bonds. The Kier molecular flexibility index (Phi) is 9.68. The molecule has 1 aromatic carbocycles. The summed E-state index contributed by atoms with van der Waals surface area (Å²) in [5.74, 6) is 0. The molecule has 0 heterocycles. The molecule has 0 aliphatic heterocycles. The molecule has 0 radical (unpaired) electrons. The lowest BCUT2D eigenvalue weighted by Gasteiger charge is -2.29. The van der Waals surface area contributed by atoms with Gasteiger partial charge in [-0.25, -0.2) is 0 Å². The standard InChI is InChI=1S/C17H30N.BH3/c1-4-5-6-7-8-9-13-16-18(2,3)17-14-11-10-12-15-17;/h10-12,14-15H,4-9,13,16H2,1-3H3;1H3/q+1;. The van der Waals surface area contributed by atoms with Crippen LogP contribution in [0.3, 0.4) is 0 Å². The normalized spacial score (nSPS) is 11.1. The zero-order valence-electron chi connectivity index (χ0n) is 12.5. The van der Waals surface area contributed by atoms with Crippen molar-refractivity contribution in [3.05, 3.63) is 30.3 Å². The minimum absolute atomic E-state index is 0. The Bertz CT molecular complexity index is 308. The predicted octanol–water partition coefficient (Wildman–Crippen LogP) is 3.82. The van der Waals surface area contributed by atoms with E-state index in [1.54, 1.807) is 0 Å². The SMILES string of the molecule is B.CCCCCCCCC[N+](C)(C)c1ccccc1. The van der Waals surface area contributed by atoms with Crippen LogP contribution in [0, 0.1) is 0 Å². The zero-order valence-corrected chi connectivity index (χ0v) is 12.5. The molecular formula is C17H33BN+. The van der Waals surface area contributed by atoms with E-state index in [2.05, 4.69) is 51.4 Å². The van der Waals surface area contributed by atoms with Crippen molar-refractivity contribution in [3.63, 3.8) is 0 Å². The molecule has 2 heteroatoms. The van der Waals surface area contributed by atoms with Gasteiger partial charge in [-0.05, 0) is 25.0 Å². The summed E-state index contributed by atoms with van der Waals surface area (Å²) >= 11 is 0. The number of quaternary nitrogens is 1. The molecule has 1 aromatic rings.